The van der Waals surface area contributed by atoms with E-state index in [0.717, 1.165) is 47.5 Å². The van der Waals surface area contributed by atoms with E-state index in [1.54, 1.807) is 12.1 Å². The summed E-state index contributed by atoms with van der Waals surface area (Å²) in [5, 5.41) is 3.61. The first-order chi connectivity index (χ1) is 20.1. The summed E-state index contributed by atoms with van der Waals surface area (Å²) in [5.41, 5.74) is 1.88. The Hall–Kier alpha value is -3.07. The lowest BCUT2D eigenvalue weighted by atomic mass is 9.95. The van der Waals surface area contributed by atoms with Gasteiger partial charge in [-0.2, -0.15) is 0 Å². The first-order valence-electron chi connectivity index (χ1n) is 14.3. The molecule has 0 heterocycles. The van der Waals surface area contributed by atoms with E-state index in [9.17, 15) is 18.0 Å². The van der Waals surface area contributed by atoms with Gasteiger partial charge in [-0.3, -0.25) is 13.9 Å². The predicted octanol–water partition coefficient (Wildman–Crippen LogP) is 6.75. The van der Waals surface area contributed by atoms with Crippen molar-refractivity contribution in [1.29, 1.82) is 0 Å². The molecule has 0 bridgehead atoms. The number of nitrogens with zero attached hydrogens (tertiary/aromatic N) is 2. The molecule has 224 valence electrons. The van der Waals surface area contributed by atoms with Crippen LogP contribution in [0, 0.1) is 6.92 Å². The molecule has 10 heteroatoms. The highest BCUT2D eigenvalue weighted by atomic mass is 35.5. The third-order valence-corrected chi connectivity index (χ3v) is 9.78. The van der Waals surface area contributed by atoms with Crippen LogP contribution in [0.1, 0.15) is 56.6 Å². The van der Waals surface area contributed by atoms with Crippen LogP contribution >= 0.6 is 23.2 Å². The maximum atomic E-state index is 14.2. The number of hydrogen-bond acceptors (Lipinski definition) is 4. The fourth-order valence-electron chi connectivity index (χ4n) is 5.29. The Balaban J connectivity index is 1.71. The average molecular weight is 631 g/mol. The minimum Gasteiger partial charge on any atom is -0.352 e. The van der Waals surface area contributed by atoms with Gasteiger partial charge in [-0.1, -0.05) is 97.4 Å². The van der Waals surface area contributed by atoms with Crippen molar-refractivity contribution in [3.63, 3.8) is 0 Å². The number of anilines is 1. The molecule has 0 saturated heterocycles. The van der Waals surface area contributed by atoms with Crippen molar-refractivity contribution in [2.75, 3.05) is 10.8 Å². The van der Waals surface area contributed by atoms with Crippen LogP contribution in [0.15, 0.2) is 77.7 Å². The highest BCUT2D eigenvalue weighted by molar-refractivity contribution is 7.92. The number of hydrogen-bond donors (Lipinski definition) is 1. The van der Waals surface area contributed by atoms with Crippen LogP contribution in [0.4, 0.5) is 5.69 Å². The fraction of sp³-hybridized carbons (Fsp3) is 0.375. The molecule has 7 nitrogen and oxygen atoms in total. The Morgan fingerprint density at radius 1 is 0.929 bits per heavy atom. The van der Waals surface area contributed by atoms with Gasteiger partial charge in [-0.25, -0.2) is 8.42 Å². The molecule has 1 aliphatic rings. The van der Waals surface area contributed by atoms with E-state index in [2.05, 4.69) is 5.32 Å². The zero-order valence-corrected chi connectivity index (χ0v) is 26.3. The van der Waals surface area contributed by atoms with Gasteiger partial charge in [0.15, 0.2) is 0 Å². The molecule has 4 rings (SSSR count). The van der Waals surface area contributed by atoms with Gasteiger partial charge in [0, 0.05) is 22.6 Å². The highest BCUT2D eigenvalue weighted by Gasteiger charge is 2.34. The average Bonchev–Trinajstić information content (AvgIpc) is 2.96. The molecule has 1 aliphatic carbocycles. The van der Waals surface area contributed by atoms with Crippen molar-refractivity contribution in [3.8, 4) is 0 Å². The third-order valence-electron chi connectivity index (χ3n) is 7.56. The summed E-state index contributed by atoms with van der Waals surface area (Å²) in [5.74, 6) is -0.747. The molecule has 0 spiro atoms. The van der Waals surface area contributed by atoms with Crippen molar-refractivity contribution in [2.24, 2.45) is 0 Å². The van der Waals surface area contributed by atoms with Crippen LogP contribution < -0.4 is 9.62 Å². The second-order valence-electron chi connectivity index (χ2n) is 10.7. The van der Waals surface area contributed by atoms with E-state index in [0.29, 0.717) is 6.42 Å². The topological polar surface area (TPSA) is 86.8 Å². The number of amides is 2. The Kier molecular flexibility index (Phi) is 10.9. The minimum atomic E-state index is -4.21. The van der Waals surface area contributed by atoms with Gasteiger partial charge in [0.1, 0.15) is 12.6 Å². The largest absolute Gasteiger partial charge is 0.352 e. The van der Waals surface area contributed by atoms with E-state index in [1.807, 2.05) is 44.2 Å². The third kappa shape index (κ3) is 8.06. The van der Waals surface area contributed by atoms with Gasteiger partial charge in [0.05, 0.1) is 10.6 Å². The quantitative estimate of drug-likeness (QED) is 0.254. The fourth-order valence-corrected chi connectivity index (χ4v) is 7.21. The zero-order valence-electron chi connectivity index (χ0n) is 23.9. The predicted molar refractivity (Wildman–Crippen MR) is 168 cm³/mol. The maximum absolute atomic E-state index is 14.2. The molecular weight excluding hydrogens is 593 g/mol. The zero-order chi connectivity index (χ0) is 30.3. The van der Waals surface area contributed by atoms with Crippen LogP contribution in [0.25, 0.3) is 0 Å². The van der Waals surface area contributed by atoms with Crippen LogP contribution in [0.2, 0.25) is 10.0 Å². The van der Waals surface area contributed by atoms with E-state index < -0.39 is 28.5 Å². The number of carbonyl (C=O) groups is 2. The van der Waals surface area contributed by atoms with Crippen molar-refractivity contribution in [1.82, 2.24) is 10.2 Å². The molecule has 42 heavy (non-hydrogen) atoms. The Labute approximate surface area is 258 Å². The Bertz CT molecular complexity index is 1460. The summed E-state index contributed by atoms with van der Waals surface area (Å²) >= 11 is 12.5. The lowest BCUT2D eigenvalue weighted by Crippen LogP contribution is -2.54. The lowest BCUT2D eigenvalue weighted by molar-refractivity contribution is -0.140. The molecule has 0 unspecified atom stereocenters. The SMILES string of the molecule is CC[C@@H](C(=O)NC1CCCCC1)N(Cc1ccccc1)C(=O)CN(c1cc(Cl)cc(Cl)c1)S(=O)(=O)c1ccc(C)cc1. The van der Waals surface area contributed by atoms with E-state index in [1.165, 1.54) is 35.2 Å². The number of nitrogens with one attached hydrogen (secondary N) is 1. The first kappa shape index (κ1) is 31.9. The molecule has 1 atom stereocenters. The second-order valence-corrected chi connectivity index (χ2v) is 13.5. The molecule has 0 aromatic heterocycles. The molecule has 0 radical (unpaired) electrons. The first-order valence-corrected chi connectivity index (χ1v) is 16.5. The van der Waals surface area contributed by atoms with Crippen molar-refractivity contribution in [2.45, 2.75) is 75.9 Å². The van der Waals surface area contributed by atoms with Crippen molar-refractivity contribution >= 4 is 50.7 Å². The van der Waals surface area contributed by atoms with Crippen LogP contribution in [0.3, 0.4) is 0 Å². The molecule has 2 amide bonds. The van der Waals surface area contributed by atoms with Gasteiger partial charge in [0.25, 0.3) is 10.0 Å². The summed E-state index contributed by atoms with van der Waals surface area (Å²) in [6, 6.07) is 19.5. The number of benzene rings is 3. The van der Waals surface area contributed by atoms with Gasteiger partial charge < -0.3 is 10.2 Å². The maximum Gasteiger partial charge on any atom is 0.264 e. The molecule has 1 saturated carbocycles. The van der Waals surface area contributed by atoms with Gasteiger partial charge in [0.2, 0.25) is 11.8 Å². The number of halogens is 2. The van der Waals surface area contributed by atoms with Crippen molar-refractivity contribution < 1.29 is 18.0 Å². The lowest BCUT2D eigenvalue weighted by Gasteiger charge is -2.34. The van der Waals surface area contributed by atoms with Crippen LogP contribution in [-0.4, -0.2) is 43.8 Å². The Morgan fingerprint density at radius 2 is 1.55 bits per heavy atom. The van der Waals surface area contributed by atoms with Crippen molar-refractivity contribution in [3.05, 3.63) is 94.0 Å². The monoisotopic (exact) mass is 629 g/mol. The van der Waals surface area contributed by atoms with E-state index in [4.69, 9.17) is 23.2 Å². The summed E-state index contributed by atoms with van der Waals surface area (Å²) in [6.45, 7) is 3.31. The summed E-state index contributed by atoms with van der Waals surface area (Å²) in [7, 11) is -4.21. The van der Waals surface area contributed by atoms with Gasteiger partial charge >= 0.3 is 0 Å². The second kappa shape index (κ2) is 14.4. The molecule has 3 aromatic rings. The standard InChI is InChI=1S/C32H37Cl2N3O4S/c1-3-30(32(39)35-27-12-8-5-9-13-27)36(21-24-10-6-4-7-11-24)31(38)22-37(28-19-25(33)18-26(34)20-28)42(40,41)29-16-14-23(2)15-17-29/h4,6-7,10-11,14-20,27,30H,3,5,8-9,12-13,21-22H2,1-2H3,(H,35,39)/t30-/m0/s1. The van der Waals surface area contributed by atoms with E-state index >= 15 is 0 Å². The normalized spacial score (nSPS) is 14.7. The van der Waals surface area contributed by atoms with E-state index in [-0.39, 0.29) is 39.1 Å². The molecule has 1 N–H and O–H groups in total. The molecule has 3 aromatic carbocycles. The van der Waals surface area contributed by atoms with Gasteiger partial charge in [-0.15, -0.1) is 0 Å². The number of sulfonamides is 1. The van der Waals surface area contributed by atoms with Crippen LogP contribution in [0.5, 0.6) is 0 Å². The smallest absolute Gasteiger partial charge is 0.264 e. The molecule has 0 aliphatic heterocycles. The Morgan fingerprint density at radius 3 is 2.14 bits per heavy atom. The number of carbonyl (C=O) groups excluding carboxylic acids is 2. The van der Waals surface area contributed by atoms with Crippen LogP contribution in [-0.2, 0) is 26.2 Å². The number of aryl methyl sites for hydroxylation is 1. The summed E-state index contributed by atoms with van der Waals surface area (Å²) in [4.78, 5) is 29.3. The van der Waals surface area contributed by atoms with Gasteiger partial charge in [-0.05, 0) is 62.1 Å². The molecule has 1 fully saturated rings. The summed E-state index contributed by atoms with van der Waals surface area (Å²) < 4.78 is 29.0. The summed E-state index contributed by atoms with van der Waals surface area (Å²) in [6.07, 6.45) is 5.45. The minimum absolute atomic E-state index is 0.0219. The highest BCUT2D eigenvalue weighted by Crippen LogP contribution is 2.30. The molecular formula is C32H37Cl2N3O4S. The number of rotatable bonds is 11.